The van der Waals surface area contributed by atoms with Gasteiger partial charge in [0.2, 0.25) is 10.0 Å². The normalized spacial score (nSPS) is 24.6. The summed E-state index contributed by atoms with van der Waals surface area (Å²) >= 11 is 0. The summed E-state index contributed by atoms with van der Waals surface area (Å²) in [5.41, 5.74) is 0.625. The Kier molecular flexibility index (Phi) is 4.67. The number of benzene rings is 1. The maximum atomic E-state index is 12.8. The molecule has 5 nitrogen and oxygen atoms in total. The summed E-state index contributed by atoms with van der Waals surface area (Å²) in [7, 11) is -0.116. The molecule has 1 saturated heterocycles. The van der Waals surface area contributed by atoms with E-state index < -0.39 is 10.0 Å². The summed E-state index contributed by atoms with van der Waals surface area (Å²) in [6.07, 6.45) is 0.777. The zero-order valence-electron chi connectivity index (χ0n) is 12.2. The maximum Gasteiger partial charge on any atom is 0.245 e. The molecule has 0 radical (unpaired) electrons. The fourth-order valence-electron chi connectivity index (χ4n) is 2.57. The van der Waals surface area contributed by atoms with Gasteiger partial charge >= 0.3 is 0 Å². The molecule has 0 aromatic heterocycles. The summed E-state index contributed by atoms with van der Waals surface area (Å²) in [6.45, 7) is 3.05. The predicted octanol–water partition coefficient (Wildman–Crippen LogP) is 1.77. The van der Waals surface area contributed by atoms with Crippen molar-refractivity contribution in [3.63, 3.8) is 0 Å². The molecule has 2 unspecified atom stereocenters. The van der Waals surface area contributed by atoms with Gasteiger partial charge in [-0.25, -0.2) is 8.42 Å². The quantitative estimate of drug-likeness (QED) is 0.920. The highest BCUT2D eigenvalue weighted by Gasteiger charge is 2.34. The van der Waals surface area contributed by atoms with Crippen LogP contribution >= 0.6 is 0 Å². The average molecular weight is 298 g/mol. The van der Waals surface area contributed by atoms with E-state index in [1.165, 1.54) is 4.31 Å². The summed E-state index contributed by atoms with van der Waals surface area (Å²) in [5, 5.41) is 2.94. The first kappa shape index (κ1) is 15.3. The molecule has 20 heavy (non-hydrogen) atoms. The van der Waals surface area contributed by atoms with Crippen molar-refractivity contribution in [2.24, 2.45) is 5.92 Å². The Morgan fingerprint density at radius 3 is 2.70 bits per heavy atom. The Hall–Kier alpha value is -1.11. The molecular weight excluding hydrogens is 276 g/mol. The lowest BCUT2D eigenvalue weighted by Gasteiger charge is -2.35. The molecule has 0 amide bonds. The molecule has 1 fully saturated rings. The number of rotatable bonds is 4. The third-order valence-electron chi connectivity index (χ3n) is 3.93. The minimum Gasteiger partial charge on any atom is -0.387 e. The van der Waals surface area contributed by atoms with Crippen molar-refractivity contribution in [2.75, 3.05) is 32.6 Å². The van der Waals surface area contributed by atoms with E-state index in [1.54, 1.807) is 32.4 Å². The monoisotopic (exact) mass is 298 g/mol. The minimum absolute atomic E-state index is 0.0414. The molecule has 2 atom stereocenters. The zero-order valence-corrected chi connectivity index (χ0v) is 13.0. The van der Waals surface area contributed by atoms with Crippen molar-refractivity contribution in [3.8, 4) is 0 Å². The molecule has 2 rings (SSSR count). The standard InChI is InChI=1S/C14H22N2O3S/c1-11-8-9-16(10-13(11)19-3)20(17,18)14-7-5-4-6-12(14)15-2/h4-7,11,13,15H,8-10H2,1-3H3. The van der Waals surface area contributed by atoms with E-state index in [0.29, 0.717) is 29.6 Å². The molecule has 0 aliphatic carbocycles. The maximum absolute atomic E-state index is 12.8. The van der Waals surface area contributed by atoms with Crippen LogP contribution in [0.2, 0.25) is 0 Å². The van der Waals surface area contributed by atoms with E-state index in [1.807, 2.05) is 6.07 Å². The Balaban J connectivity index is 2.31. The number of piperidine rings is 1. The Morgan fingerprint density at radius 2 is 2.05 bits per heavy atom. The van der Waals surface area contributed by atoms with E-state index in [9.17, 15) is 8.42 Å². The van der Waals surface area contributed by atoms with Crippen LogP contribution in [0, 0.1) is 5.92 Å². The topological polar surface area (TPSA) is 58.6 Å². The molecule has 0 spiro atoms. The lowest BCUT2D eigenvalue weighted by atomic mass is 9.97. The molecule has 112 valence electrons. The van der Waals surface area contributed by atoms with Crippen LogP contribution in [0.3, 0.4) is 0 Å². The molecule has 0 bridgehead atoms. The second-order valence-corrected chi connectivity index (χ2v) is 7.06. The first-order valence-electron chi connectivity index (χ1n) is 6.80. The molecular formula is C14H22N2O3S. The van der Waals surface area contributed by atoms with Crippen LogP contribution < -0.4 is 5.32 Å². The van der Waals surface area contributed by atoms with E-state index >= 15 is 0 Å². The van der Waals surface area contributed by atoms with Gasteiger partial charge in [-0.1, -0.05) is 19.1 Å². The van der Waals surface area contributed by atoms with Crippen molar-refractivity contribution in [2.45, 2.75) is 24.3 Å². The Bertz CT molecular complexity index is 559. The van der Waals surface area contributed by atoms with Crippen LogP contribution in [0.4, 0.5) is 5.69 Å². The molecule has 1 aliphatic rings. The van der Waals surface area contributed by atoms with Gasteiger partial charge in [0.25, 0.3) is 0 Å². The van der Waals surface area contributed by atoms with Gasteiger partial charge in [0.15, 0.2) is 0 Å². The van der Waals surface area contributed by atoms with Crippen LogP contribution in [-0.2, 0) is 14.8 Å². The van der Waals surface area contributed by atoms with E-state index in [0.717, 1.165) is 6.42 Å². The molecule has 1 N–H and O–H groups in total. The molecule has 1 aromatic rings. The number of sulfonamides is 1. The van der Waals surface area contributed by atoms with Gasteiger partial charge in [-0.2, -0.15) is 4.31 Å². The fourth-order valence-corrected chi connectivity index (χ4v) is 4.23. The van der Waals surface area contributed by atoms with Gasteiger partial charge in [0, 0.05) is 27.2 Å². The molecule has 1 heterocycles. The highest BCUT2D eigenvalue weighted by Crippen LogP contribution is 2.28. The zero-order chi connectivity index (χ0) is 14.8. The molecule has 1 aromatic carbocycles. The number of ether oxygens (including phenoxy) is 1. The summed E-state index contributed by atoms with van der Waals surface area (Å²) in [6, 6.07) is 6.98. The van der Waals surface area contributed by atoms with E-state index in [4.69, 9.17) is 4.74 Å². The minimum atomic E-state index is -3.48. The summed E-state index contributed by atoms with van der Waals surface area (Å²) < 4.78 is 32.5. The number of hydrogen-bond acceptors (Lipinski definition) is 4. The van der Waals surface area contributed by atoms with Gasteiger partial charge in [-0.15, -0.1) is 0 Å². The van der Waals surface area contributed by atoms with Crippen LogP contribution in [0.1, 0.15) is 13.3 Å². The van der Waals surface area contributed by atoms with Crippen molar-refractivity contribution in [3.05, 3.63) is 24.3 Å². The highest BCUT2D eigenvalue weighted by atomic mass is 32.2. The lowest BCUT2D eigenvalue weighted by molar-refractivity contribution is 0.0184. The Labute approximate surface area is 121 Å². The molecule has 1 aliphatic heterocycles. The number of nitrogens with one attached hydrogen (secondary N) is 1. The van der Waals surface area contributed by atoms with Gasteiger partial charge in [-0.3, -0.25) is 0 Å². The fraction of sp³-hybridized carbons (Fsp3) is 0.571. The van der Waals surface area contributed by atoms with Gasteiger partial charge in [-0.05, 0) is 24.5 Å². The predicted molar refractivity (Wildman–Crippen MR) is 79.3 cm³/mol. The lowest BCUT2D eigenvalue weighted by Crippen LogP contribution is -2.46. The van der Waals surface area contributed by atoms with Gasteiger partial charge < -0.3 is 10.1 Å². The van der Waals surface area contributed by atoms with E-state index in [2.05, 4.69) is 12.2 Å². The molecule has 0 saturated carbocycles. The first-order chi connectivity index (χ1) is 9.50. The SMILES string of the molecule is CNc1ccccc1S(=O)(=O)N1CCC(C)C(OC)C1. The third kappa shape index (κ3) is 2.82. The van der Waals surface area contributed by atoms with Crippen molar-refractivity contribution in [1.29, 1.82) is 0 Å². The molecule has 6 heteroatoms. The van der Waals surface area contributed by atoms with Crippen molar-refractivity contribution in [1.82, 2.24) is 4.31 Å². The summed E-state index contributed by atoms with van der Waals surface area (Å²) in [4.78, 5) is 0.326. The smallest absolute Gasteiger partial charge is 0.245 e. The Morgan fingerprint density at radius 1 is 1.35 bits per heavy atom. The number of hydrogen-bond donors (Lipinski definition) is 1. The number of methoxy groups -OCH3 is 1. The number of nitrogens with zero attached hydrogens (tertiary/aromatic N) is 1. The third-order valence-corrected chi connectivity index (χ3v) is 5.85. The van der Waals surface area contributed by atoms with Crippen molar-refractivity contribution >= 4 is 15.7 Å². The van der Waals surface area contributed by atoms with Crippen molar-refractivity contribution < 1.29 is 13.2 Å². The second-order valence-electron chi connectivity index (χ2n) is 5.15. The van der Waals surface area contributed by atoms with Gasteiger partial charge in [0.1, 0.15) is 4.90 Å². The number of anilines is 1. The van der Waals surface area contributed by atoms with Crippen LogP contribution in [0.15, 0.2) is 29.2 Å². The average Bonchev–Trinajstić information content (AvgIpc) is 2.47. The van der Waals surface area contributed by atoms with E-state index in [-0.39, 0.29) is 6.10 Å². The van der Waals surface area contributed by atoms with Gasteiger partial charge in [0.05, 0.1) is 11.8 Å². The van der Waals surface area contributed by atoms with Crippen LogP contribution in [0.5, 0.6) is 0 Å². The highest BCUT2D eigenvalue weighted by molar-refractivity contribution is 7.89. The second kappa shape index (κ2) is 6.11. The van der Waals surface area contributed by atoms with Crippen LogP contribution in [0.25, 0.3) is 0 Å². The van der Waals surface area contributed by atoms with Crippen LogP contribution in [-0.4, -0.2) is 46.1 Å². The number of para-hydroxylation sites is 1. The summed E-state index contributed by atoms with van der Waals surface area (Å²) in [5.74, 6) is 0.381. The largest absolute Gasteiger partial charge is 0.387 e. The first-order valence-corrected chi connectivity index (χ1v) is 8.24.